The molecule has 1 aromatic rings. The lowest BCUT2D eigenvalue weighted by Crippen LogP contribution is -2.49. The van der Waals surface area contributed by atoms with Gasteiger partial charge in [0.05, 0.1) is 0 Å². The number of rotatable bonds is 2. The lowest BCUT2D eigenvalue weighted by atomic mass is 9.85. The van der Waals surface area contributed by atoms with Gasteiger partial charge in [0.25, 0.3) is 0 Å². The van der Waals surface area contributed by atoms with Crippen molar-refractivity contribution in [3.8, 4) is 11.5 Å². The summed E-state index contributed by atoms with van der Waals surface area (Å²) in [4.78, 5) is 27.4. The van der Waals surface area contributed by atoms with E-state index in [1.165, 1.54) is 0 Å². The van der Waals surface area contributed by atoms with Crippen LogP contribution in [0.3, 0.4) is 0 Å². The number of carbonyl (C=O) groups is 2. The van der Waals surface area contributed by atoms with E-state index in [9.17, 15) is 9.59 Å². The Balaban J connectivity index is 1.47. The van der Waals surface area contributed by atoms with E-state index in [1.807, 2.05) is 25.7 Å². The number of amides is 1. The van der Waals surface area contributed by atoms with Gasteiger partial charge >= 0.3 is 6.09 Å². The van der Waals surface area contributed by atoms with Gasteiger partial charge in [0, 0.05) is 23.6 Å². The standard InChI is InChI=1S/C20H25NO5/c1-20(2,3)26-19(23)21-14-5-6-15(21)9-13(8-14)18(22)12-4-7-16-17(10-12)25-11-24-16/h4,7,10,13-15H,5-6,8-9,11H2,1-3H3. The van der Waals surface area contributed by atoms with Crippen LogP contribution in [-0.2, 0) is 4.74 Å². The van der Waals surface area contributed by atoms with Crippen molar-refractivity contribution in [2.45, 2.75) is 64.1 Å². The van der Waals surface area contributed by atoms with E-state index >= 15 is 0 Å². The zero-order valence-corrected chi connectivity index (χ0v) is 15.5. The van der Waals surface area contributed by atoms with Crippen LogP contribution in [-0.4, -0.2) is 41.3 Å². The molecule has 4 rings (SSSR count). The zero-order valence-electron chi connectivity index (χ0n) is 15.5. The van der Waals surface area contributed by atoms with Crippen LogP contribution in [0.25, 0.3) is 0 Å². The summed E-state index contributed by atoms with van der Waals surface area (Å²) in [6.07, 6.45) is 3.02. The molecule has 0 spiro atoms. The predicted molar refractivity (Wildman–Crippen MR) is 94.5 cm³/mol. The number of nitrogens with zero attached hydrogens (tertiary/aromatic N) is 1. The Labute approximate surface area is 153 Å². The molecule has 3 aliphatic heterocycles. The lowest BCUT2D eigenvalue weighted by molar-refractivity contribution is 0.00254. The number of piperidine rings is 1. The van der Waals surface area contributed by atoms with Crippen molar-refractivity contribution in [2.24, 2.45) is 5.92 Å². The zero-order chi connectivity index (χ0) is 18.5. The van der Waals surface area contributed by atoms with Crippen molar-refractivity contribution in [1.82, 2.24) is 4.90 Å². The number of hydrogen-bond donors (Lipinski definition) is 0. The molecule has 2 saturated heterocycles. The Kier molecular flexibility index (Phi) is 4.09. The van der Waals surface area contributed by atoms with E-state index < -0.39 is 5.60 Å². The molecular weight excluding hydrogens is 334 g/mol. The number of ketones is 1. The fourth-order valence-electron chi connectivity index (χ4n) is 4.29. The molecule has 0 aromatic heterocycles. The SMILES string of the molecule is CC(C)(C)OC(=O)N1C2CCC1CC(C(=O)c1ccc3c(c1)OCO3)C2. The maximum absolute atomic E-state index is 13.0. The molecule has 3 heterocycles. The molecule has 2 atom stereocenters. The highest BCUT2D eigenvalue weighted by Gasteiger charge is 2.46. The topological polar surface area (TPSA) is 65.1 Å². The van der Waals surface area contributed by atoms with E-state index in [2.05, 4.69) is 0 Å². The fraction of sp³-hybridized carbons (Fsp3) is 0.600. The van der Waals surface area contributed by atoms with Crippen LogP contribution in [0.4, 0.5) is 4.79 Å². The molecule has 0 radical (unpaired) electrons. The van der Waals surface area contributed by atoms with E-state index in [-0.39, 0.29) is 36.7 Å². The second-order valence-corrected chi connectivity index (χ2v) is 8.37. The molecule has 2 bridgehead atoms. The van der Waals surface area contributed by atoms with E-state index in [4.69, 9.17) is 14.2 Å². The van der Waals surface area contributed by atoms with Gasteiger partial charge in [0.15, 0.2) is 17.3 Å². The van der Waals surface area contributed by atoms with E-state index in [0.29, 0.717) is 29.9 Å². The van der Waals surface area contributed by atoms with Gasteiger partial charge < -0.3 is 19.1 Å². The van der Waals surface area contributed by atoms with E-state index in [0.717, 1.165) is 12.8 Å². The first kappa shape index (κ1) is 17.2. The molecule has 2 unspecified atom stereocenters. The monoisotopic (exact) mass is 359 g/mol. The van der Waals surface area contributed by atoms with Crippen LogP contribution in [0.1, 0.15) is 56.8 Å². The molecule has 1 aromatic carbocycles. The van der Waals surface area contributed by atoms with Crippen molar-refractivity contribution in [1.29, 1.82) is 0 Å². The molecule has 6 heteroatoms. The number of benzene rings is 1. The van der Waals surface area contributed by atoms with Crippen molar-refractivity contribution < 1.29 is 23.8 Å². The summed E-state index contributed by atoms with van der Waals surface area (Å²) in [5.41, 5.74) is 0.153. The second-order valence-electron chi connectivity index (χ2n) is 8.37. The Hall–Kier alpha value is -2.24. The Morgan fingerprint density at radius 2 is 1.73 bits per heavy atom. The fourth-order valence-corrected chi connectivity index (χ4v) is 4.29. The van der Waals surface area contributed by atoms with Crippen LogP contribution >= 0.6 is 0 Å². The van der Waals surface area contributed by atoms with Gasteiger partial charge in [-0.15, -0.1) is 0 Å². The maximum Gasteiger partial charge on any atom is 0.410 e. The normalized spacial score (nSPS) is 26.7. The number of fused-ring (bicyclic) bond motifs is 3. The van der Waals surface area contributed by atoms with Crippen LogP contribution < -0.4 is 9.47 Å². The van der Waals surface area contributed by atoms with Crippen molar-refractivity contribution in [3.63, 3.8) is 0 Å². The van der Waals surface area contributed by atoms with Crippen molar-refractivity contribution in [3.05, 3.63) is 23.8 Å². The third kappa shape index (κ3) is 3.13. The van der Waals surface area contributed by atoms with Gasteiger partial charge in [-0.2, -0.15) is 0 Å². The minimum absolute atomic E-state index is 0.0634. The first-order valence-electron chi connectivity index (χ1n) is 9.27. The molecule has 6 nitrogen and oxygen atoms in total. The predicted octanol–water partition coefficient (Wildman–Crippen LogP) is 3.78. The van der Waals surface area contributed by atoms with Gasteiger partial charge in [-0.05, 0) is 64.7 Å². The molecule has 26 heavy (non-hydrogen) atoms. The van der Waals surface area contributed by atoms with Gasteiger partial charge in [0.1, 0.15) is 5.60 Å². The van der Waals surface area contributed by atoms with E-state index in [1.54, 1.807) is 18.2 Å². The maximum atomic E-state index is 13.0. The summed E-state index contributed by atoms with van der Waals surface area (Å²) in [5.74, 6) is 1.38. The largest absolute Gasteiger partial charge is 0.454 e. The highest BCUT2D eigenvalue weighted by molar-refractivity contribution is 5.98. The van der Waals surface area contributed by atoms with Gasteiger partial charge in [0.2, 0.25) is 6.79 Å². The summed E-state index contributed by atoms with van der Waals surface area (Å²) in [7, 11) is 0. The highest BCUT2D eigenvalue weighted by atomic mass is 16.7. The lowest BCUT2D eigenvalue weighted by Gasteiger charge is -2.39. The highest BCUT2D eigenvalue weighted by Crippen LogP contribution is 2.41. The Bertz CT molecular complexity index is 724. The molecule has 0 aliphatic carbocycles. The second kappa shape index (κ2) is 6.18. The van der Waals surface area contributed by atoms with Gasteiger partial charge in [-0.1, -0.05) is 0 Å². The Morgan fingerprint density at radius 1 is 1.08 bits per heavy atom. The molecule has 140 valence electrons. The minimum Gasteiger partial charge on any atom is -0.454 e. The number of Topliss-reactive ketones (excluding diaryl/α,β-unsaturated/α-hetero) is 1. The van der Waals surface area contributed by atoms with Crippen molar-refractivity contribution in [2.75, 3.05) is 6.79 Å². The summed E-state index contributed by atoms with van der Waals surface area (Å²) < 4.78 is 16.3. The first-order chi connectivity index (χ1) is 12.3. The van der Waals surface area contributed by atoms with Crippen LogP contribution in [0.15, 0.2) is 18.2 Å². The molecule has 2 fully saturated rings. The molecule has 0 saturated carbocycles. The average Bonchev–Trinajstić information content (AvgIpc) is 3.14. The summed E-state index contributed by atoms with van der Waals surface area (Å²) in [6, 6.07) is 5.54. The van der Waals surface area contributed by atoms with Gasteiger partial charge in [-0.25, -0.2) is 4.79 Å². The quantitative estimate of drug-likeness (QED) is 0.752. The Morgan fingerprint density at radius 3 is 2.38 bits per heavy atom. The van der Waals surface area contributed by atoms with Crippen LogP contribution in [0.5, 0.6) is 11.5 Å². The molecule has 0 N–H and O–H groups in total. The number of hydrogen-bond acceptors (Lipinski definition) is 5. The van der Waals surface area contributed by atoms with Gasteiger partial charge in [-0.3, -0.25) is 4.79 Å². The summed E-state index contributed by atoms with van der Waals surface area (Å²) in [5, 5.41) is 0. The smallest absolute Gasteiger partial charge is 0.410 e. The number of carbonyl (C=O) groups excluding carboxylic acids is 2. The molecule has 3 aliphatic rings. The van der Waals surface area contributed by atoms with Crippen molar-refractivity contribution >= 4 is 11.9 Å². The minimum atomic E-state index is -0.504. The van der Waals surface area contributed by atoms with Crippen LogP contribution in [0, 0.1) is 5.92 Å². The average molecular weight is 359 g/mol. The summed E-state index contributed by atoms with van der Waals surface area (Å²) in [6.45, 7) is 5.83. The summed E-state index contributed by atoms with van der Waals surface area (Å²) >= 11 is 0. The first-order valence-corrected chi connectivity index (χ1v) is 9.27. The third-order valence-electron chi connectivity index (χ3n) is 5.37. The molecular formula is C20H25NO5. The molecule has 1 amide bonds. The third-order valence-corrected chi connectivity index (χ3v) is 5.37. The van der Waals surface area contributed by atoms with Crippen LogP contribution in [0.2, 0.25) is 0 Å². The number of ether oxygens (including phenoxy) is 3.